The number of nitrogens with two attached hydrogens (primary N) is 1. The van der Waals surface area contributed by atoms with Crippen molar-refractivity contribution in [1.29, 1.82) is 0 Å². The van der Waals surface area contributed by atoms with Crippen LogP contribution in [0.5, 0.6) is 0 Å². The van der Waals surface area contributed by atoms with Crippen LogP contribution in [0.4, 0.5) is 4.79 Å². The van der Waals surface area contributed by atoms with Gasteiger partial charge in [-0.25, -0.2) is 4.79 Å². The van der Waals surface area contributed by atoms with E-state index in [0.717, 1.165) is 24.1 Å². The normalized spacial score (nSPS) is 14.7. The van der Waals surface area contributed by atoms with E-state index in [2.05, 4.69) is 5.32 Å². The molecule has 0 aliphatic heterocycles. The van der Waals surface area contributed by atoms with Gasteiger partial charge in [0.05, 0.1) is 12.1 Å². The third kappa shape index (κ3) is 12.6. The van der Waals surface area contributed by atoms with E-state index in [1.54, 1.807) is 20.8 Å². The summed E-state index contributed by atoms with van der Waals surface area (Å²) in [5.74, 6) is -2.49. The molecule has 0 saturated carbocycles. The smallest absolute Gasteiger partial charge is 0.424 e. The van der Waals surface area contributed by atoms with Gasteiger partial charge in [-0.3, -0.25) is 9.59 Å². The maximum atomic E-state index is 14.3. The molecule has 2 aromatic carbocycles. The largest absolute Gasteiger partial charge is 0.443 e. The molecule has 0 unspecified atom stereocenters. The van der Waals surface area contributed by atoms with Gasteiger partial charge in [-0.15, -0.1) is 0 Å². The van der Waals surface area contributed by atoms with Gasteiger partial charge >= 0.3 is 6.09 Å². The average Bonchev–Trinajstić information content (AvgIpc) is 2.92. The first-order valence-corrected chi connectivity index (χ1v) is 15.2. The Hall–Kier alpha value is -3.11. The molecule has 0 aromatic heterocycles. The van der Waals surface area contributed by atoms with Crippen LogP contribution < -0.4 is 11.1 Å². The Labute approximate surface area is 257 Å². The zero-order valence-electron chi connectivity index (χ0n) is 27.0. The molecule has 238 valence electrons. The Bertz CT molecular complexity index is 1130. The highest BCUT2D eigenvalue weighted by atomic mass is 16.6. The van der Waals surface area contributed by atoms with Crippen LogP contribution >= 0.6 is 0 Å². The Balaban J connectivity index is 2.41. The molecule has 2 aromatic rings. The minimum absolute atomic E-state index is 0.0308. The van der Waals surface area contributed by atoms with Crippen molar-refractivity contribution in [1.82, 2.24) is 15.1 Å². The molecular formula is C34H52N4O5. The molecule has 0 bridgehead atoms. The second-order valence-electron chi connectivity index (χ2n) is 12.9. The molecule has 0 saturated heterocycles. The van der Waals surface area contributed by atoms with Crippen LogP contribution in [0.1, 0.15) is 58.6 Å². The molecule has 43 heavy (non-hydrogen) atoms. The summed E-state index contributed by atoms with van der Waals surface area (Å²) in [6.45, 7) is 10.1. The van der Waals surface area contributed by atoms with Crippen molar-refractivity contribution in [2.24, 2.45) is 17.6 Å². The summed E-state index contributed by atoms with van der Waals surface area (Å²) in [4.78, 5) is 44.6. The Morgan fingerprint density at radius 2 is 1.44 bits per heavy atom. The van der Waals surface area contributed by atoms with Gasteiger partial charge in [0.2, 0.25) is 5.91 Å². The summed E-state index contributed by atoms with van der Waals surface area (Å²) < 4.78 is 5.58. The van der Waals surface area contributed by atoms with Crippen molar-refractivity contribution in [3.8, 4) is 0 Å². The van der Waals surface area contributed by atoms with Crippen LogP contribution in [0.25, 0.3) is 0 Å². The number of benzene rings is 2. The quantitative estimate of drug-likeness (QED) is 0.263. The maximum absolute atomic E-state index is 14.3. The number of imide groups is 3. The number of hydrogen-bond acceptors (Lipinski definition) is 8. The summed E-state index contributed by atoms with van der Waals surface area (Å²) >= 11 is 0. The first-order chi connectivity index (χ1) is 20.2. The summed E-state index contributed by atoms with van der Waals surface area (Å²) in [5, 5.41) is 14.4. The zero-order chi connectivity index (χ0) is 32.2. The first-order valence-electron chi connectivity index (χ1n) is 15.2. The average molecular weight is 597 g/mol. The molecule has 0 heterocycles. The van der Waals surface area contributed by atoms with Gasteiger partial charge in [0.1, 0.15) is 5.60 Å². The van der Waals surface area contributed by atoms with E-state index in [9.17, 15) is 19.5 Å². The molecule has 3 amide bonds. The number of ether oxygens (including phenoxy) is 1. The van der Waals surface area contributed by atoms with E-state index < -0.39 is 47.6 Å². The van der Waals surface area contributed by atoms with Crippen molar-refractivity contribution < 1.29 is 24.2 Å². The van der Waals surface area contributed by atoms with Gasteiger partial charge in [-0.2, -0.15) is 4.90 Å². The summed E-state index contributed by atoms with van der Waals surface area (Å²) in [6, 6.07) is 17.5. The molecule has 0 aliphatic carbocycles. The summed E-state index contributed by atoms with van der Waals surface area (Å²) in [5.41, 5.74) is 7.26. The van der Waals surface area contributed by atoms with Crippen molar-refractivity contribution in [3.05, 3.63) is 71.8 Å². The number of nitrogens with one attached hydrogen (secondary N) is 1. The monoisotopic (exact) mass is 596 g/mol. The predicted octanol–water partition coefficient (Wildman–Crippen LogP) is 4.02. The first kappa shape index (κ1) is 36.1. The lowest BCUT2D eigenvalue weighted by Crippen LogP contribution is -2.56. The summed E-state index contributed by atoms with van der Waals surface area (Å²) in [7, 11) is 3.95. The fraction of sp³-hybridized carbons (Fsp3) is 0.559. The molecular weight excluding hydrogens is 544 g/mol. The molecule has 0 spiro atoms. The number of nitrogens with zero attached hydrogens (tertiary/aromatic N) is 2. The van der Waals surface area contributed by atoms with Gasteiger partial charge in [0, 0.05) is 12.0 Å². The maximum Gasteiger partial charge on any atom is 0.424 e. The SMILES string of the molecule is CC(C)[C@H](NCCCN(C)C)C(=O)N(C(=O)OC(C)(C)C)C(=O)[C@H](Cc1ccccc1)C[C@H](O)[C@@H](N)Cc1ccccc1. The molecule has 4 atom stereocenters. The van der Waals surface area contributed by atoms with Gasteiger partial charge in [-0.1, -0.05) is 74.5 Å². The van der Waals surface area contributed by atoms with Crippen LogP contribution in [-0.4, -0.2) is 83.8 Å². The lowest BCUT2D eigenvalue weighted by Gasteiger charge is -2.32. The molecule has 0 aliphatic rings. The van der Waals surface area contributed by atoms with Crippen LogP contribution in [0.15, 0.2) is 60.7 Å². The number of carbonyl (C=O) groups is 3. The molecule has 9 heteroatoms. The van der Waals surface area contributed by atoms with Gasteiger partial charge in [0.15, 0.2) is 0 Å². The number of aliphatic hydroxyl groups excluding tert-OH is 1. The van der Waals surface area contributed by atoms with Crippen LogP contribution in [0.3, 0.4) is 0 Å². The lowest BCUT2D eigenvalue weighted by molar-refractivity contribution is -0.148. The number of hydrogen-bond donors (Lipinski definition) is 3. The highest BCUT2D eigenvalue weighted by Crippen LogP contribution is 2.23. The molecule has 0 radical (unpaired) electrons. The predicted molar refractivity (Wildman–Crippen MR) is 170 cm³/mol. The van der Waals surface area contributed by atoms with Crippen LogP contribution in [-0.2, 0) is 27.2 Å². The number of rotatable bonds is 15. The van der Waals surface area contributed by atoms with E-state index in [4.69, 9.17) is 10.5 Å². The number of amides is 3. The minimum atomic E-state index is -1.06. The van der Waals surface area contributed by atoms with Crippen LogP contribution in [0.2, 0.25) is 0 Å². The van der Waals surface area contributed by atoms with E-state index in [1.807, 2.05) is 93.5 Å². The molecule has 2 rings (SSSR count). The Morgan fingerprint density at radius 3 is 1.93 bits per heavy atom. The Morgan fingerprint density at radius 1 is 0.907 bits per heavy atom. The number of aliphatic hydroxyl groups is 1. The van der Waals surface area contributed by atoms with Gasteiger partial charge in [0.25, 0.3) is 5.91 Å². The van der Waals surface area contributed by atoms with Crippen LogP contribution in [0, 0.1) is 11.8 Å². The number of carbonyl (C=O) groups excluding carboxylic acids is 3. The van der Waals surface area contributed by atoms with Gasteiger partial charge in [-0.05, 0) is 90.7 Å². The third-order valence-corrected chi connectivity index (χ3v) is 7.10. The third-order valence-electron chi connectivity index (χ3n) is 7.10. The fourth-order valence-corrected chi connectivity index (χ4v) is 4.84. The van der Waals surface area contributed by atoms with Crippen molar-refractivity contribution >= 4 is 17.9 Å². The molecule has 9 nitrogen and oxygen atoms in total. The Kier molecular flexibility index (Phi) is 14.5. The van der Waals surface area contributed by atoms with Gasteiger partial charge < -0.3 is 25.8 Å². The van der Waals surface area contributed by atoms with Crippen molar-refractivity contribution in [3.63, 3.8) is 0 Å². The minimum Gasteiger partial charge on any atom is -0.443 e. The van der Waals surface area contributed by atoms with E-state index >= 15 is 0 Å². The second kappa shape index (κ2) is 17.3. The zero-order valence-corrected chi connectivity index (χ0v) is 27.0. The van der Waals surface area contributed by atoms with E-state index in [1.165, 1.54) is 0 Å². The van der Waals surface area contributed by atoms with Crippen molar-refractivity contribution in [2.45, 2.75) is 84.1 Å². The molecule has 4 N–H and O–H groups in total. The fourth-order valence-electron chi connectivity index (χ4n) is 4.84. The molecule has 0 fully saturated rings. The standard InChI is InChI=1S/C34H52N4O5/c1-24(2)30(36-19-14-20-37(6)7)32(41)38(33(42)43-34(3,4)5)31(40)27(21-25-15-10-8-11-16-25)23-29(39)28(35)22-26-17-12-9-13-18-26/h8-13,15-18,24,27-30,36,39H,14,19-23,35H2,1-7H3/t27-,28+,29+,30+/m1/s1. The second-order valence-corrected chi connectivity index (χ2v) is 12.9. The lowest BCUT2D eigenvalue weighted by atomic mass is 9.88. The highest BCUT2D eigenvalue weighted by molar-refractivity contribution is 6.11. The van der Waals surface area contributed by atoms with Crippen molar-refractivity contribution in [2.75, 3.05) is 27.2 Å². The topological polar surface area (TPSA) is 125 Å². The highest BCUT2D eigenvalue weighted by Gasteiger charge is 2.41. The van der Waals surface area contributed by atoms with E-state index in [0.29, 0.717) is 17.9 Å². The summed E-state index contributed by atoms with van der Waals surface area (Å²) in [6.07, 6.45) is -0.704. The van der Waals surface area contributed by atoms with E-state index in [-0.39, 0.29) is 18.8 Å².